The van der Waals surface area contributed by atoms with Crippen LogP contribution in [-0.2, 0) is 6.54 Å². The first-order valence-corrected chi connectivity index (χ1v) is 10.8. The highest BCUT2D eigenvalue weighted by Gasteiger charge is 2.29. The Morgan fingerprint density at radius 2 is 1.97 bits per heavy atom. The summed E-state index contributed by atoms with van der Waals surface area (Å²) in [6.07, 6.45) is 2.64. The number of fused-ring (bicyclic) bond motifs is 1. The van der Waals surface area contributed by atoms with Gasteiger partial charge in [0, 0.05) is 26.2 Å². The molecule has 4 heterocycles. The zero-order valence-corrected chi connectivity index (χ0v) is 17.1. The smallest absolute Gasteiger partial charge is 0.186 e. The predicted octanol–water partition coefficient (Wildman–Crippen LogP) is 3.20. The normalized spacial score (nSPS) is 16.5. The SMILES string of the molecule is CCC(c1nnnn1Cc1ccco1)N1CCN(c2nc3ccccc3s2)CC1. The average Bonchev–Trinajstić information content (AvgIpc) is 3.51. The number of nitrogens with zero attached hydrogens (tertiary/aromatic N) is 7. The van der Waals surface area contributed by atoms with E-state index in [0.29, 0.717) is 6.54 Å². The van der Waals surface area contributed by atoms with E-state index < -0.39 is 0 Å². The van der Waals surface area contributed by atoms with Gasteiger partial charge < -0.3 is 9.32 Å². The van der Waals surface area contributed by atoms with Gasteiger partial charge in [0.25, 0.3) is 0 Å². The van der Waals surface area contributed by atoms with E-state index in [1.54, 1.807) is 17.6 Å². The molecule has 1 unspecified atom stereocenters. The van der Waals surface area contributed by atoms with Crippen LogP contribution in [-0.4, -0.2) is 56.3 Å². The van der Waals surface area contributed by atoms with Gasteiger partial charge in [0.05, 0.1) is 22.5 Å². The van der Waals surface area contributed by atoms with Crippen LogP contribution in [0.5, 0.6) is 0 Å². The van der Waals surface area contributed by atoms with Gasteiger partial charge in [-0.3, -0.25) is 4.90 Å². The van der Waals surface area contributed by atoms with Gasteiger partial charge >= 0.3 is 0 Å². The molecule has 4 aromatic rings. The number of hydrogen-bond donors (Lipinski definition) is 0. The molecule has 0 spiro atoms. The van der Waals surface area contributed by atoms with Crippen LogP contribution >= 0.6 is 11.3 Å². The van der Waals surface area contributed by atoms with Gasteiger partial charge in [0.1, 0.15) is 12.3 Å². The maximum absolute atomic E-state index is 5.47. The van der Waals surface area contributed by atoms with E-state index >= 15 is 0 Å². The fraction of sp³-hybridized carbons (Fsp3) is 0.400. The van der Waals surface area contributed by atoms with Crippen molar-refractivity contribution in [2.24, 2.45) is 0 Å². The van der Waals surface area contributed by atoms with Gasteiger partial charge in [-0.05, 0) is 41.1 Å². The van der Waals surface area contributed by atoms with Crippen molar-refractivity contribution in [1.82, 2.24) is 30.1 Å². The highest BCUT2D eigenvalue weighted by atomic mass is 32.1. The van der Waals surface area contributed by atoms with Crippen molar-refractivity contribution >= 4 is 26.7 Å². The third-order valence-electron chi connectivity index (χ3n) is 5.44. The number of thiazole rings is 1. The molecule has 150 valence electrons. The summed E-state index contributed by atoms with van der Waals surface area (Å²) in [5, 5.41) is 13.6. The molecule has 0 aliphatic carbocycles. The van der Waals surface area contributed by atoms with E-state index in [4.69, 9.17) is 9.40 Å². The Kier molecular flexibility index (Phi) is 4.99. The van der Waals surface area contributed by atoms with Crippen LogP contribution in [0.15, 0.2) is 47.1 Å². The van der Waals surface area contributed by atoms with E-state index in [2.05, 4.69) is 50.4 Å². The maximum Gasteiger partial charge on any atom is 0.186 e. The lowest BCUT2D eigenvalue weighted by molar-refractivity contribution is 0.169. The van der Waals surface area contributed by atoms with Crippen molar-refractivity contribution in [3.05, 3.63) is 54.2 Å². The van der Waals surface area contributed by atoms with E-state index in [1.165, 1.54) is 4.70 Å². The van der Waals surface area contributed by atoms with E-state index in [9.17, 15) is 0 Å². The second-order valence-electron chi connectivity index (χ2n) is 7.19. The molecule has 1 aliphatic rings. The van der Waals surface area contributed by atoms with Gasteiger partial charge in [0.15, 0.2) is 11.0 Å². The Morgan fingerprint density at radius 3 is 2.72 bits per heavy atom. The van der Waals surface area contributed by atoms with E-state index in [0.717, 1.165) is 54.8 Å². The fourth-order valence-electron chi connectivity index (χ4n) is 3.94. The summed E-state index contributed by atoms with van der Waals surface area (Å²) < 4.78 is 8.56. The first kappa shape index (κ1) is 18.3. The Morgan fingerprint density at radius 1 is 1.10 bits per heavy atom. The third-order valence-corrected chi connectivity index (χ3v) is 6.54. The zero-order chi connectivity index (χ0) is 19.6. The number of rotatable bonds is 6. The van der Waals surface area contributed by atoms with E-state index in [1.807, 2.05) is 22.9 Å². The summed E-state index contributed by atoms with van der Waals surface area (Å²) >= 11 is 1.77. The van der Waals surface area contributed by atoms with Crippen molar-refractivity contribution in [3.63, 3.8) is 0 Å². The molecule has 1 aromatic carbocycles. The van der Waals surface area contributed by atoms with Crippen LogP contribution in [0.2, 0.25) is 0 Å². The third kappa shape index (κ3) is 3.63. The van der Waals surface area contributed by atoms with Crippen molar-refractivity contribution < 1.29 is 4.42 Å². The van der Waals surface area contributed by atoms with Crippen LogP contribution in [0, 0.1) is 0 Å². The van der Waals surface area contributed by atoms with Crippen LogP contribution in [0.3, 0.4) is 0 Å². The number of aromatic nitrogens is 5. The molecule has 0 N–H and O–H groups in total. The topological polar surface area (TPSA) is 76.1 Å². The largest absolute Gasteiger partial charge is 0.467 e. The molecular weight excluding hydrogens is 386 g/mol. The van der Waals surface area contributed by atoms with E-state index in [-0.39, 0.29) is 6.04 Å². The van der Waals surface area contributed by atoms with Gasteiger partial charge in [-0.1, -0.05) is 30.4 Å². The average molecular weight is 410 g/mol. The van der Waals surface area contributed by atoms with Crippen LogP contribution in [0.1, 0.15) is 31.0 Å². The number of tetrazole rings is 1. The van der Waals surface area contributed by atoms with Gasteiger partial charge in [0.2, 0.25) is 0 Å². The van der Waals surface area contributed by atoms with Crippen LogP contribution in [0.25, 0.3) is 10.2 Å². The highest BCUT2D eigenvalue weighted by molar-refractivity contribution is 7.22. The molecule has 1 atom stereocenters. The number of anilines is 1. The minimum Gasteiger partial charge on any atom is -0.467 e. The molecule has 9 heteroatoms. The molecule has 0 saturated carbocycles. The molecule has 3 aromatic heterocycles. The van der Waals surface area contributed by atoms with Gasteiger partial charge in [-0.15, -0.1) is 5.10 Å². The van der Waals surface area contributed by atoms with Crippen LogP contribution < -0.4 is 4.90 Å². The standard InChI is InChI=1S/C20H23N7OS/c1-2-17(19-22-23-24-27(19)14-15-6-5-13-28-15)25-9-11-26(12-10-25)20-21-16-7-3-4-8-18(16)29-20/h3-8,13,17H,2,9-12,14H2,1H3. The molecule has 1 aliphatic heterocycles. The minimum absolute atomic E-state index is 0.192. The first-order chi connectivity index (χ1) is 14.3. The van der Waals surface area contributed by atoms with Gasteiger partial charge in [-0.25, -0.2) is 9.67 Å². The Balaban J connectivity index is 1.29. The molecule has 8 nitrogen and oxygen atoms in total. The summed E-state index contributed by atoms with van der Waals surface area (Å²) in [6, 6.07) is 12.4. The summed E-state index contributed by atoms with van der Waals surface area (Å²) in [5.74, 6) is 1.76. The molecular formula is C20H23N7OS. The van der Waals surface area contributed by atoms with Gasteiger partial charge in [-0.2, -0.15) is 0 Å². The zero-order valence-electron chi connectivity index (χ0n) is 16.3. The second-order valence-corrected chi connectivity index (χ2v) is 8.19. The molecule has 0 amide bonds. The summed E-state index contributed by atoms with van der Waals surface area (Å²) in [6.45, 7) is 6.57. The number of piperazine rings is 1. The van der Waals surface area contributed by atoms with Crippen molar-refractivity contribution in [2.75, 3.05) is 31.1 Å². The number of benzene rings is 1. The highest BCUT2D eigenvalue weighted by Crippen LogP contribution is 2.31. The monoisotopic (exact) mass is 409 g/mol. The first-order valence-electron chi connectivity index (χ1n) is 9.95. The Bertz CT molecular complexity index is 1030. The predicted molar refractivity (Wildman–Crippen MR) is 112 cm³/mol. The number of furan rings is 1. The molecule has 0 bridgehead atoms. The molecule has 5 rings (SSSR count). The summed E-state index contributed by atoms with van der Waals surface area (Å²) in [5.41, 5.74) is 1.08. The number of para-hydroxylation sites is 1. The summed E-state index contributed by atoms with van der Waals surface area (Å²) in [4.78, 5) is 9.68. The molecule has 1 fully saturated rings. The molecule has 1 saturated heterocycles. The maximum atomic E-state index is 5.47. The summed E-state index contributed by atoms with van der Waals surface area (Å²) in [7, 11) is 0. The van der Waals surface area contributed by atoms with Crippen molar-refractivity contribution in [1.29, 1.82) is 0 Å². The van der Waals surface area contributed by atoms with Crippen molar-refractivity contribution in [3.8, 4) is 0 Å². The molecule has 0 radical (unpaired) electrons. The Hall–Kier alpha value is -2.78. The lowest BCUT2D eigenvalue weighted by Crippen LogP contribution is -2.48. The van der Waals surface area contributed by atoms with Crippen molar-refractivity contribution in [2.45, 2.75) is 25.9 Å². The second kappa shape index (κ2) is 7.92. The number of hydrogen-bond acceptors (Lipinski definition) is 8. The Labute approximate surface area is 172 Å². The lowest BCUT2D eigenvalue weighted by Gasteiger charge is -2.38. The lowest BCUT2D eigenvalue weighted by atomic mass is 10.1. The quantitative estimate of drug-likeness (QED) is 0.484. The minimum atomic E-state index is 0.192. The fourth-order valence-corrected chi connectivity index (χ4v) is 4.95. The van der Waals surface area contributed by atoms with Crippen LogP contribution in [0.4, 0.5) is 5.13 Å². The molecule has 29 heavy (non-hydrogen) atoms.